The molecule has 0 bridgehead atoms. The van der Waals surface area contributed by atoms with Crippen molar-refractivity contribution in [3.63, 3.8) is 0 Å². The highest BCUT2D eigenvalue weighted by Crippen LogP contribution is 2.34. The molecular formula is C23H24N8O. The number of carbonyl (C=O) groups is 1. The molecule has 1 amide bonds. The summed E-state index contributed by atoms with van der Waals surface area (Å²) in [7, 11) is 1.90. The van der Waals surface area contributed by atoms with E-state index >= 15 is 0 Å². The molecule has 0 saturated heterocycles. The maximum Gasteiger partial charge on any atom is 0.260 e. The number of nitriles is 1. The summed E-state index contributed by atoms with van der Waals surface area (Å²) in [5.41, 5.74) is 1.69. The zero-order chi connectivity index (χ0) is 23.3. The Morgan fingerprint density at radius 3 is 3.00 bits per heavy atom. The zero-order valence-electron chi connectivity index (χ0n) is 19.3. The number of carbonyl (C=O) groups excluding carboxylic acids is 1. The van der Waals surface area contributed by atoms with Gasteiger partial charge >= 0.3 is 0 Å². The van der Waals surface area contributed by atoms with Crippen molar-refractivity contribution >= 4 is 17.5 Å². The number of anilines is 2. The second kappa shape index (κ2) is 7.71. The third kappa shape index (κ3) is 3.19. The summed E-state index contributed by atoms with van der Waals surface area (Å²) in [6, 6.07) is 9.67. The maximum atomic E-state index is 13.3. The van der Waals surface area contributed by atoms with E-state index < -0.39 is 0 Å². The van der Waals surface area contributed by atoms with E-state index in [-0.39, 0.29) is 30.7 Å². The number of aryl methyl sites for hydroxylation is 1. The van der Waals surface area contributed by atoms with Gasteiger partial charge < -0.3 is 9.47 Å². The van der Waals surface area contributed by atoms with Crippen LogP contribution in [0.15, 0.2) is 30.4 Å². The molecule has 9 nitrogen and oxygen atoms in total. The normalized spacial score (nSPS) is 17.3. The van der Waals surface area contributed by atoms with Crippen molar-refractivity contribution in [3.8, 4) is 17.6 Å². The lowest BCUT2D eigenvalue weighted by atomic mass is 10.1. The molecule has 3 aromatic heterocycles. The van der Waals surface area contributed by atoms with E-state index in [1.165, 1.54) is 0 Å². The van der Waals surface area contributed by atoms with Crippen molar-refractivity contribution < 1.29 is 6.17 Å². The second-order valence-electron chi connectivity index (χ2n) is 8.46. The van der Waals surface area contributed by atoms with Crippen LogP contribution in [0.3, 0.4) is 0 Å². The minimum Gasteiger partial charge on any atom is -0.357 e. The summed E-state index contributed by atoms with van der Waals surface area (Å²) in [5.74, 6) is 2.36. The molecular weight excluding hydrogens is 404 g/mol. The van der Waals surface area contributed by atoms with E-state index in [2.05, 4.69) is 21.3 Å². The van der Waals surface area contributed by atoms with Crippen LogP contribution in [0.1, 0.15) is 55.8 Å². The van der Waals surface area contributed by atoms with Crippen molar-refractivity contribution in [2.24, 2.45) is 0 Å². The molecule has 9 heteroatoms. The molecule has 32 heavy (non-hydrogen) atoms. The number of hydrogen-bond acceptors (Lipinski definition) is 7. The monoisotopic (exact) mass is 429 g/mol. The van der Waals surface area contributed by atoms with Crippen LogP contribution in [0.5, 0.6) is 0 Å². The average Bonchev–Trinajstić information content (AvgIpc) is 3.49. The first-order valence-corrected chi connectivity index (χ1v) is 10.7. The highest BCUT2D eigenvalue weighted by molar-refractivity contribution is 6.09. The van der Waals surface area contributed by atoms with Gasteiger partial charge in [-0.05, 0) is 38.5 Å². The second-order valence-corrected chi connectivity index (χ2v) is 8.46. The van der Waals surface area contributed by atoms with E-state index in [0.29, 0.717) is 40.7 Å². The number of amides is 1. The predicted molar refractivity (Wildman–Crippen MR) is 119 cm³/mol. The van der Waals surface area contributed by atoms with E-state index in [1.54, 1.807) is 17.0 Å². The smallest absolute Gasteiger partial charge is 0.260 e. The summed E-state index contributed by atoms with van der Waals surface area (Å²) in [6.45, 7) is 4.31. The summed E-state index contributed by atoms with van der Waals surface area (Å²) in [5, 5.41) is 17.8. The first kappa shape index (κ1) is 18.9. The Labute approximate surface area is 187 Å². The van der Waals surface area contributed by atoms with E-state index in [9.17, 15) is 10.1 Å². The number of pyridine rings is 2. The molecule has 1 atom stereocenters. The largest absolute Gasteiger partial charge is 0.357 e. The number of aromatic nitrogens is 5. The van der Waals surface area contributed by atoms with Crippen molar-refractivity contribution in [2.45, 2.75) is 51.7 Å². The molecule has 0 aliphatic carbocycles. The summed E-state index contributed by atoms with van der Waals surface area (Å²) >= 11 is 0. The highest BCUT2D eigenvalue weighted by atomic mass is 16.2. The summed E-state index contributed by atoms with van der Waals surface area (Å²) in [4.78, 5) is 25.9. The van der Waals surface area contributed by atoms with Gasteiger partial charge in [0.15, 0.2) is 5.82 Å². The van der Waals surface area contributed by atoms with Crippen LogP contribution in [0.25, 0.3) is 11.5 Å². The standard InChI is InChI=1S/C23H24N8O/c1-14(2)29(3)21-11-17-15(12-25-21)13-30(23(17)32)19-6-4-5-18(26-19)22-28-27-20-8-7-16(9-10-24)31(20)22/h4-6,11-12,14,16H,7-9,13H2,1-3H3/i12D. The third-order valence-corrected chi connectivity index (χ3v) is 6.23. The van der Waals surface area contributed by atoms with Gasteiger partial charge in [-0.2, -0.15) is 5.26 Å². The molecule has 3 aromatic rings. The Morgan fingerprint density at radius 2 is 2.22 bits per heavy atom. The quantitative estimate of drug-likeness (QED) is 0.614. The summed E-state index contributed by atoms with van der Waals surface area (Å²) in [6.07, 6.45) is 2.14. The fourth-order valence-electron chi connectivity index (χ4n) is 4.22. The van der Waals surface area contributed by atoms with Crippen LogP contribution in [-0.4, -0.2) is 43.7 Å². The minimum atomic E-state index is -0.196. The fraction of sp³-hybridized carbons (Fsp3) is 0.391. The lowest BCUT2D eigenvalue weighted by Crippen LogP contribution is -2.27. The molecule has 0 radical (unpaired) electrons. The molecule has 0 fully saturated rings. The average molecular weight is 430 g/mol. The van der Waals surface area contributed by atoms with Crippen molar-refractivity contribution in [1.82, 2.24) is 24.7 Å². The van der Waals surface area contributed by atoms with E-state index in [1.807, 2.05) is 42.5 Å². The van der Waals surface area contributed by atoms with E-state index in [0.717, 1.165) is 18.7 Å². The van der Waals surface area contributed by atoms with Gasteiger partial charge in [0, 0.05) is 31.2 Å². The number of hydrogen-bond donors (Lipinski definition) is 0. The van der Waals surface area contributed by atoms with Gasteiger partial charge in [-0.25, -0.2) is 9.97 Å². The molecule has 2 aliphatic heterocycles. The fourth-order valence-corrected chi connectivity index (χ4v) is 4.22. The van der Waals surface area contributed by atoms with Crippen molar-refractivity contribution in [3.05, 3.63) is 47.4 Å². The lowest BCUT2D eigenvalue weighted by molar-refractivity contribution is 0.0996. The zero-order valence-corrected chi connectivity index (χ0v) is 18.3. The van der Waals surface area contributed by atoms with Gasteiger partial charge in [0.1, 0.15) is 23.2 Å². The van der Waals surface area contributed by atoms with Gasteiger partial charge in [0.25, 0.3) is 5.91 Å². The van der Waals surface area contributed by atoms with Crippen LogP contribution in [-0.2, 0) is 13.0 Å². The Morgan fingerprint density at radius 1 is 1.38 bits per heavy atom. The Balaban J connectivity index is 1.49. The SMILES string of the molecule is [2H]c1nc(N(C)C(C)C)cc2c1CN(c1cccc(-c3nnc4n3C(CC#N)CC4)n1)C2=O. The van der Waals surface area contributed by atoms with E-state index in [4.69, 9.17) is 6.35 Å². The predicted octanol–water partition coefficient (Wildman–Crippen LogP) is 3.14. The minimum absolute atomic E-state index is 0.0337. The van der Waals surface area contributed by atoms with Gasteiger partial charge in [0.05, 0.1) is 32.0 Å². The first-order valence-electron chi connectivity index (χ1n) is 11.2. The van der Waals surface area contributed by atoms with Crippen LogP contribution in [0.2, 0.25) is 0 Å². The number of fused-ring (bicyclic) bond motifs is 2. The molecule has 1 unspecified atom stereocenters. The first-order chi connectivity index (χ1) is 15.9. The maximum absolute atomic E-state index is 13.3. The van der Waals surface area contributed by atoms with Gasteiger partial charge in [-0.15, -0.1) is 10.2 Å². The lowest BCUT2D eigenvalue weighted by Gasteiger charge is -2.22. The summed E-state index contributed by atoms with van der Waals surface area (Å²) < 4.78 is 10.4. The molecule has 2 aliphatic rings. The van der Waals surface area contributed by atoms with Crippen molar-refractivity contribution in [2.75, 3.05) is 16.8 Å². The third-order valence-electron chi connectivity index (χ3n) is 6.23. The van der Waals surface area contributed by atoms with Crippen molar-refractivity contribution in [1.29, 1.82) is 5.26 Å². The van der Waals surface area contributed by atoms with Gasteiger partial charge in [0.2, 0.25) is 0 Å². The van der Waals surface area contributed by atoms with Crippen LogP contribution < -0.4 is 9.80 Å². The molecule has 0 saturated carbocycles. The number of nitrogens with zero attached hydrogens (tertiary/aromatic N) is 8. The van der Waals surface area contributed by atoms with Gasteiger partial charge in [-0.3, -0.25) is 9.69 Å². The van der Waals surface area contributed by atoms with Gasteiger partial charge in [-0.1, -0.05) is 6.07 Å². The van der Waals surface area contributed by atoms with Crippen LogP contribution >= 0.6 is 0 Å². The molecule has 162 valence electrons. The molecule has 0 N–H and O–H groups in total. The van der Waals surface area contributed by atoms with Crippen LogP contribution in [0, 0.1) is 11.3 Å². The molecule has 0 spiro atoms. The molecule has 0 aromatic carbocycles. The van der Waals surface area contributed by atoms with Crippen LogP contribution in [0.4, 0.5) is 11.6 Å². The topological polar surface area (TPSA) is 104 Å². The Kier molecular flexibility index (Phi) is 4.56. The number of rotatable bonds is 5. The highest BCUT2D eigenvalue weighted by Gasteiger charge is 2.32. The Bertz CT molecular complexity index is 1290. The Hall–Kier alpha value is -3.80. The molecule has 5 rings (SSSR count). The molecule has 5 heterocycles.